The van der Waals surface area contributed by atoms with Crippen LogP contribution in [0.4, 0.5) is 5.00 Å². The van der Waals surface area contributed by atoms with Crippen LogP contribution in [0.5, 0.6) is 0 Å². The fourth-order valence-corrected chi connectivity index (χ4v) is 3.02. The van der Waals surface area contributed by atoms with E-state index in [1.165, 1.54) is 12.3 Å². The van der Waals surface area contributed by atoms with Crippen LogP contribution < -0.4 is 5.32 Å². The van der Waals surface area contributed by atoms with Gasteiger partial charge in [0.25, 0.3) is 5.91 Å². The SMILES string of the molecule is CCOC(=O)c1sc(NC(=O)c2ccno2)c(C(=O)OCC)c1C. The smallest absolute Gasteiger partial charge is 0.348 e. The van der Waals surface area contributed by atoms with Gasteiger partial charge in [-0.25, -0.2) is 9.59 Å². The van der Waals surface area contributed by atoms with Crippen LogP contribution in [0.3, 0.4) is 0 Å². The summed E-state index contributed by atoms with van der Waals surface area (Å²) in [5.41, 5.74) is 0.516. The van der Waals surface area contributed by atoms with Gasteiger partial charge >= 0.3 is 11.9 Å². The Morgan fingerprint density at radius 1 is 1.21 bits per heavy atom. The Morgan fingerprint density at radius 2 is 1.88 bits per heavy atom. The summed E-state index contributed by atoms with van der Waals surface area (Å²) in [6.07, 6.45) is 1.32. The highest BCUT2D eigenvalue weighted by Gasteiger charge is 2.27. The second-order valence-electron chi connectivity index (χ2n) is 4.53. The van der Waals surface area contributed by atoms with Crippen LogP contribution in [0.15, 0.2) is 16.8 Å². The summed E-state index contributed by atoms with van der Waals surface area (Å²) in [4.78, 5) is 36.6. The Kier molecular flexibility index (Phi) is 5.69. The van der Waals surface area contributed by atoms with Crippen LogP contribution in [0, 0.1) is 6.92 Å². The van der Waals surface area contributed by atoms with Crippen LogP contribution in [0.1, 0.15) is 50.0 Å². The molecule has 0 saturated heterocycles. The van der Waals surface area contributed by atoms with Gasteiger partial charge in [0.1, 0.15) is 9.88 Å². The Morgan fingerprint density at radius 3 is 2.46 bits per heavy atom. The number of rotatable bonds is 6. The quantitative estimate of drug-likeness (QED) is 0.796. The minimum absolute atomic E-state index is 0.0199. The number of hydrogen-bond donors (Lipinski definition) is 1. The van der Waals surface area contributed by atoms with Crippen molar-refractivity contribution >= 4 is 34.2 Å². The molecule has 9 heteroatoms. The van der Waals surface area contributed by atoms with Crippen LogP contribution in [0.2, 0.25) is 0 Å². The summed E-state index contributed by atoms with van der Waals surface area (Å²) < 4.78 is 14.7. The van der Waals surface area contributed by atoms with Crippen molar-refractivity contribution in [1.82, 2.24) is 5.16 Å². The first-order valence-electron chi connectivity index (χ1n) is 7.19. The van der Waals surface area contributed by atoms with E-state index in [2.05, 4.69) is 10.5 Å². The molecule has 0 fully saturated rings. The third kappa shape index (κ3) is 3.62. The lowest BCUT2D eigenvalue weighted by Gasteiger charge is -2.05. The number of thiophene rings is 1. The van der Waals surface area contributed by atoms with Gasteiger partial charge < -0.3 is 19.3 Å². The fraction of sp³-hybridized carbons (Fsp3) is 0.333. The van der Waals surface area contributed by atoms with Gasteiger partial charge in [0.05, 0.1) is 25.0 Å². The molecule has 0 unspecified atom stereocenters. The lowest BCUT2D eigenvalue weighted by Crippen LogP contribution is -2.14. The standard InChI is InChI=1S/C15H16N2O6S/c1-4-21-14(19)10-8(3)11(15(20)22-5-2)24-13(10)17-12(18)9-6-7-16-23-9/h6-7H,4-5H2,1-3H3,(H,17,18). The van der Waals surface area contributed by atoms with E-state index in [0.717, 1.165) is 11.3 Å². The molecular weight excluding hydrogens is 336 g/mol. The predicted octanol–water partition coefficient (Wildman–Crippen LogP) is 2.65. The number of amides is 1. The van der Waals surface area contributed by atoms with Gasteiger partial charge in [-0.2, -0.15) is 0 Å². The Bertz CT molecular complexity index is 750. The summed E-state index contributed by atoms with van der Waals surface area (Å²) in [6, 6.07) is 1.38. The van der Waals surface area contributed by atoms with E-state index in [4.69, 9.17) is 14.0 Å². The zero-order valence-electron chi connectivity index (χ0n) is 13.4. The van der Waals surface area contributed by atoms with Gasteiger partial charge in [0.15, 0.2) is 0 Å². The molecule has 1 N–H and O–H groups in total. The number of nitrogens with zero attached hydrogens (tertiary/aromatic N) is 1. The number of esters is 2. The third-order valence-corrected chi connectivity index (χ3v) is 4.16. The molecule has 2 aromatic heterocycles. The van der Waals surface area contributed by atoms with Crippen LogP contribution in [0.25, 0.3) is 0 Å². The average Bonchev–Trinajstić information content (AvgIpc) is 3.16. The molecule has 0 aliphatic rings. The maximum atomic E-state index is 12.2. The number of hydrogen-bond acceptors (Lipinski definition) is 8. The molecule has 0 spiro atoms. The highest BCUT2D eigenvalue weighted by molar-refractivity contribution is 7.18. The van der Waals surface area contributed by atoms with Crippen molar-refractivity contribution in [2.75, 3.05) is 18.5 Å². The minimum Gasteiger partial charge on any atom is -0.462 e. The monoisotopic (exact) mass is 352 g/mol. The largest absolute Gasteiger partial charge is 0.462 e. The molecule has 0 radical (unpaired) electrons. The Balaban J connectivity index is 2.40. The van der Waals surface area contributed by atoms with Gasteiger partial charge in [0, 0.05) is 6.07 Å². The summed E-state index contributed by atoms with van der Waals surface area (Å²) in [5.74, 6) is -1.80. The lowest BCUT2D eigenvalue weighted by atomic mass is 10.1. The van der Waals surface area contributed by atoms with Gasteiger partial charge in [-0.1, -0.05) is 5.16 Å². The summed E-state index contributed by atoms with van der Waals surface area (Å²) in [7, 11) is 0. The zero-order chi connectivity index (χ0) is 17.7. The van der Waals surface area contributed by atoms with E-state index in [1.807, 2.05) is 0 Å². The highest BCUT2D eigenvalue weighted by Crippen LogP contribution is 2.34. The number of carbonyl (C=O) groups excluding carboxylic acids is 3. The number of ether oxygens (including phenoxy) is 2. The lowest BCUT2D eigenvalue weighted by molar-refractivity contribution is 0.0527. The van der Waals surface area contributed by atoms with Gasteiger partial charge in [-0.3, -0.25) is 4.79 Å². The number of carbonyl (C=O) groups is 3. The number of nitrogens with one attached hydrogen (secondary N) is 1. The van der Waals surface area contributed by atoms with Crippen molar-refractivity contribution in [2.24, 2.45) is 0 Å². The minimum atomic E-state index is -0.630. The van der Waals surface area contributed by atoms with Crippen molar-refractivity contribution in [3.05, 3.63) is 34.0 Å². The zero-order valence-corrected chi connectivity index (χ0v) is 14.2. The second kappa shape index (κ2) is 7.73. The van der Waals surface area contributed by atoms with Crippen molar-refractivity contribution in [3.8, 4) is 0 Å². The van der Waals surface area contributed by atoms with E-state index in [0.29, 0.717) is 5.56 Å². The van der Waals surface area contributed by atoms with Crippen LogP contribution in [-0.4, -0.2) is 36.2 Å². The Labute approximate surface area is 141 Å². The fourth-order valence-electron chi connectivity index (χ4n) is 1.94. The van der Waals surface area contributed by atoms with Crippen LogP contribution in [-0.2, 0) is 9.47 Å². The normalized spacial score (nSPS) is 10.3. The second-order valence-corrected chi connectivity index (χ2v) is 5.55. The maximum absolute atomic E-state index is 12.2. The van der Waals surface area contributed by atoms with E-state index in [9.17, 15) is 14.4 Å². The van der Waals surface area contributed by atoms with Crippen molar-refractivity contribution in [3.63, 3.8) is 0 Å². The Hall–Kier alpha value is -2.68. The number of anilines is 1. The topological polar surface area (TPSA) is 108 Å². The molecule has 1 amide bonds. The molecule has 2 heterocycles. The molecular formula is C15H16N2O6S. The first kappa shape index (κ1) is 17.7. The van der Waals surface area contributed by atoms with Crippen LogP contribution >= 0.6 is 11.3 Å². The van der Waals surface area contributed by atoms with Gasteiger partial charge in [-0.05, 0) is 26.3 Å². The van der Waals surface area contributed by atoms with E-state index in [-0.39, 0.29) is 34.4 Å². The predicted molar refractivity (Wildman–Crippen MR) is 85.4 cm³/mol. The molecule has 24 heavy (non-hydrogen) atoms. The first-order chi connectivity index (χ1) is 11.5. The van der Waals surface area contributed by atoms with E-state index < -0.39 is 17.8 Å². The molecule has 128 valence electrons. The summed E-state index contributed by atoms with van der Waals surface area (Å²) >= 11 is 0.945. The molecule has 0 aromatic carbocycles. The van der Waals surface area contributed by atoms with Crippen molar-refractivity contribution in [2.45, 2.75) is 20.8 Å². The molecule has 0 aliphatic heterocycles. The summed E-state index contributed by atoms with van der Waals surface area (Å²) in [5, 5.41) is 6.19. The summed E-state index contributed by atoms with van der Waals surface area (Å²) in [6.45, 7) is 5.31. The molecule has 2 rings (SSSR count). The molecule has 2 aromatic rings. The maximum Gasteiger partial charge on any atom is 0.348 e. The van der Waals surface area contributed by atoms with E-state index in [1.54, 1.807) is 20.8 Å². The molecule has 8 nitrogen and oxygen atoms in total. The van der Waals surface area contributed by atoms with Crippen molar-refractivity contribution in [1.29, 1.82) is 0 Å². The third-order valence-electron chi connectivity index (χ3n) is 2.98. The molecule has 0 saturated carbocycles. The highest BCUT2D eigenvalue weighted by atomic mass is 32.1. The van der Waals surface area contributed by atoms with Gasteiger partial charge in [0.2, 0.25) is 5.76 Å². The van der Waals surface area contributed by atoms with Gasteiger partial charge in [-0.15, -0.1) is 11.3 Å². The molecule has 0 aliphatic carbocycles. The van der Waals surface area contributed by atoms with E-state index >= 15 is 0 Å². The molecule has 0 atom stereocenters. The number of aromatic nitrogens is 1. The first-order valence-corrected chi connectivity index (χ1v) is 8.00. The average molecular weight is 352 g/mol. The molecule has 0 bridgehead atoms. The van der Waals surface area contributed by atoms with Crippen molar-refractivity contribution < 1.29 is 28.4 Å².